The lowest BCUT2D eigenvalue weighted by Gasteiger charge is -2.34. The molecule has 0 aliphatic heterocycles. The van der Waals surface area contributed by atoms with Gasteiger partial charge in [0.1, 0.15) is 5.82 Å². The van der Waals surface area contributed by atoms with Gasteiger partial charge < -0.3 is 5.11 Å². The van der Waals surface area contributed by atoms with E-state index < -0.39 is 15.8 Å². The van der Waals surface area contributed by atoms with Gasteiger partial charge in [0.25, 0.3) is 0 Å². The van der Waals surface area contributed by atoms with Gasteiger partial charge in [-0.05, 0) is 37.0 Å². The smallest absolute Gasteiger partial charge is 0.240 e. The van der Waals surface area contributed by atoms with Crippen molar-refractivity contribution in [3.05, 3.63) is 29.0 Å². The van der Waals surface area contributed by atoms with Gasteiger partial charge in [-0.3, -0.25) is 0 Å². The van der Waals surface area contributed by atoms with Crippen molar-refractivity contribution in [1.29, 1.82) is 0 Å². The van der Waals surface area contributed by atoms with E-state index in [4.69, 9.17) is 16.7 Å². The molecule has 1 fully saturated rings. The Labute approximate surface area is 110 Å². The summed E-state index contributed by atoms with van der Waals surface area (Å²) in [5.74, 6) is -0.543. The summed E-state index contributed by atoms with van der Waals surface area (Å²) in [6.07, 6.45) is 1.19. The molecular weight excluding hydrogens is 281 g/mol. The van der Waals surface area contributed by atoms with Crippen LogP contribution in [-0.4, -0.2) is 26.2 Å². The Morgan fingerprint density at radius 3 is 2.61 bits per heavy atom. The first-order chi connectivity index (χ1) is 8.40. The molecule has 2 N–H and O–H groups in total. The summed E-state index contributed by atoms with van der Waals surface area (Å²) in [6, 6.07) is 2.98. The molecule has 1 aliphatic carbocycles. The summed E-state index contributed by atoms with van der Waals surface area (Å²) in [5, 5.41) is 8.89. The van der Waals surface area contributed by atoms with Crippen molar-refractivity contribution in [3.63, 3.8) is 0 Å². The Balaban J connectivity index is 2.11. The molecule has 0 spiro atoms. The molecule has 1 saturated carbocycles. The first kappa shape index (κ1) is 13.7. The van der Waals surface area contributed by atoms with E-state index in [1.165, 1.54) is 6.07 Å². The molecule has 4 nitrogen and oxygen atoms in total. The fourth-order valence-corrected chi connectivity index (χ4v) is 3.56. The second-order valence-corrected chi connectivity index (χ2v) is 6.59. The van der Waals surface area contributed by atoms with Crippen molar-refractivity contribution in [2.75, 3.05) is 6.61 Å². The maximum Gasteiger partial charge on any atom is 0.240 e. The highest BCUT2D eigenvalue weighted by molar-refractivity contribution is 7.89. The van der Waals surface area contributed by atoms with Crippen molar-refractivity contribution in [3.8, 4) is 0 Å². The Hall–Kier alpha value is -0.690. The molecule has 1 aliphatic rings. The number of benzene rings is 1. The third-order valence-electron chi connectivity index (χ3n) is 2.96. The Bertz CT molecular complexity index is 523. The molecule has 1 aromatic carbocycles. The predicted octanol–water partition coefficient (Wildman–Crippen LogP) is 1.53. The molecule has 0 bridgehead atoms. The Kier molecular flexibility index (Phi) is 3.91. The number of nitrogens with one attached hydrogen (secondary N) is 1. The fraction of sp³-hybridized carbons (Fsp3) is 0.455. The Morgan fingerprint density at radius 1 is 1.39 bits per heavy atom. The third-order valence-corrected chi connectivity index (χ3v) is 4.68. The lowest BCUT2D eigenvalue weighted by Crippen LogP contribution is -2.45. The molecule has 0 radical (unpaired) electrons. The molecule has 0 unspecified atom stereocenters. The minimum atomic E-state index is -3.75. The summed E-state index contributed by atoms with van der Waals surface area (Å²) in [5.41, 5.74) is 0. The Morgan fingerprint density at radius 2 is 2.06 bits per heavy atom. The molecule has 0 heterocycles. The fourth-order valence-electron chi connectivity index (χ4n) is 1.95. The van der Waals surface area contributed by atoms with E-state index >= 15 is 0 Å². The number of halogens is 2. The predicted molar refractivity (Wildman–Crippen MR) is 65.3 cm³/mol. The topological polar surface area (TPSA) is 66.4 Å². The molecule has 7 heteroatoms. The second kappa shape index (κ2) is 5.13. The first-order valence-electron chi connectivity index (χ1n) is 5.50. The van der Waals surface area contributed by atoms with Crippen LogP contribution in [0.5, 0.6) is 0 Å². The van der Waals surface area contributed by atoms with Crippen molar-refractivity contribution >= 4 is 21.6 Å². The standard InChI is InChI=1S/C11H13ClFNO3S/c12-8-3-9(13)5-11(4-8)18(16,17)14-10-1-7(2-10)6-15/h3-5,7,10,14-15H,1-2,6H2. The van der Waals surface area contributed by atoms with Gasteiger partial charge in [0.15, 0.2) is 0 Å². The molecule has 1 aromatic rings. The van der Waals surface area contributed by atoms with Gasteiger partial charge in [0.2, 0.25) is 10.0 Å². The molecule has 0 aromatic heterocycles. The second-order valence-electron chi connectivity index (χ2n) is 4.44. The zero-order valence-corrected chi connectivity index (χ0v) is 11.0. The van der Waals surface area contributed by atoms with Gasteiger partial charge in [-0.2, -0.15) is 0 Å². The van der Waals surface area contributed by atoms with Crippen molar-refractivity contribution in [1.82, 2.24) is 4.72 Å². The van der Waals surface area contributed by atoms with E-state index in [0.29, 0.717) is 12.8 Å². The van der Waals surface area contributed by atoms with E-state index in [-0.39, 0.29) is 28.5 Å². The minimum Gasteiger partial charge on any atom is -0.396 e. The average molecular weight is 294 g/mol. The van der Waals surface area contributed by atoms with Crippen LogP contribution in [0.25, 0.3) is 0 Å². The lowest BCUT2D eigenvalue weighted by atomic mass is 9.82. The van der Waals surface area contributed by atoms with Crippen LogP contribution in [-0.2, 0) is 10.0 Å². The maximum absolute atomic E-state index is 13.1. The van der Waals surface area contributed by atoms with Gasteiger partial charge in [-0.1, -0.05) is 11.6 Å². The van der Waals surface area contributed by atoms with Gasteiger partial charge in [-0.15, -0.1) is 0 Å². The largest absolute Gasteiger partial charge is 0.396 e. The monoisotopic (exact) mass is 293 g/mol. The van der Waals surface area contributed by atoms with Crippen LogP contribution in [0.4, 0.5) is 4.39 Å². The van der Waals surface area contributed by atoms with Crippen LogP contribution in [0.3, 0.4) is 0 Å². The summed E-state index contributed by atoms with van der Waals surface area (Å²) in [6.45, 7) is 0.0595. The highest BCUT2D eigenvalue weighted by Gasteiger charge is 2.32. The maximum atomic E-state index is 13.1. The third kappa shape index (κ3) is 3.00. The van der Waals surface area contributed by atoms with Crippen molar-refractivity contribution < 1.29 is 17.9 Å². The van der Waals surface area contributed by atoms with E-state index in [1.807, 2.05) is 0 Å². The van der Waals surface area contributed by atoms with Gasteiger partial charge in [0, 0.05) is 17.7 Å². The molecule has 0 saturated heterocycles. The van der Waals surface area contributed by atoms with Gasteiger partial charge >= 0.3 is 0 Å². The number of rotatable bonds is 4. The number of aliphatic hydroxyl groups is 1. The summed E-state index contributed by atoms with van der Waals surface area (Å²) < 4.78 is 39.4. The summed E-state index contributed by atoms with van der Waals surface area (Å²) >= 11 is 5.62. The molecule has 0 atom stereocenters. The highest BCUT2D eigenvalue weighted by atomic mass is 35.5. The zero-order valence-electron chi connectivity index (χ0n) is 9.44. The average Bonchev–Trinajstić information content (AvgIpc) is 2.21. The molecule has 100 valence electrons. The van der Waals surface area contributed by atoms with Gasteiger partial charge in [0.05, 0.1) is 4.90 Å². The summed E-state index contributed by atoms with van der Waals surface area (Å²) in [7, 11) is -3.75. The van der Waals surface area contributed by atoms with Crippen LogP contribution in [0, 0.1) is 11.7 Å². The van der Waals surface area contributed by atoms with E-state index in [9.17, 15) is 12.8 Å². The van der Waals surface area contributed by atoms with Crippen LogP contribution >= 0.6 is 11.6 Å². The van der Waals surface area contributed by atoms with E-state index in [2.05, 4.69) is 4.72 Å². The normalized spacial score (nSPS) is 23.7. The first-order valence-corrected chi connectivity index (χ1v) is 7.36. The van der Waals surface area contributed by atoms with Crippen molar-refractivity contribution in [2.24, 2.45) is 5.92 Å². The highest BCUT2D eigenvalue weighted by Crippen LogP contribution is 2.28. The molecular formula is C11H13ClFNO3S. The number of sulfonamides is 1. The molecule has 18 heavy (non-hydrogen) atoms. The number of aliphatic hydroxyl groups excluding tert-OH is 1. The van der Waals surface area contributed by atoms with Crippen molar-refractivity contribution in [2.45, 2.75) is 23.8 Å². The lowest BCUT2D eigenvalue weighted by molar-refractivity contribution is 0.137. The number of hydrogen-bond donors (Lipinski definition) is 2. The SMILES string of the molecule is O=S(=O)(NC1CC(CO)C1)c1cc(F)cc(Cl)c1. The molecule has 0 amide bonds. The van der Waals surface area contributed by atoms with Crippen LogP contribution < -0.4 is 4.72 Å². The van der Waals surface area contributed by atoms with Gasteiger partial charge in [-0.25, -0.2) is 17.5 Å². The number of hydrogen-bond acceptors (Lipinski definition) is 3. The zero-order chi connectivity index (χ0) is 13.3. The van der Waals surface area contributed by atoms with Crippen LogP contribution in [0.2, 0.25) is 5.02 Å². The molecule has 2 rings (SSSR count). The quantitative estimate of drug-likeness (QED) is 0.885. The van der Waals surface area contributed by atoms with Crippen LogP contribution in [0.1, 0.15) is 12.8 Å². The minimum absolute atomic E-state index is 0.0391. The summed E-state index contributed by atoms with van der Waals surface area (Å²) in [4.78, 5) is -0.181. The van der Waals surface area contributed by atoms with Crippen LogP contribution in [0.15, 0.2) is 23.1 Å². The van der Waals surface area contributed by atoms with E-state index in [0.717, 1.165) is 12.1 Å². The van der Waals surface area contributed by atoms with E-state index in [1.54, 1.807) is 0 Å².